The van der Waals surface area contributed by atoms with Gasteiger partial charge in [-0.05, 0) is 55.3 Å². The molecule has 1 saturated carbocycles. The highest BCUT2D eigenvalue weighted by Gasteiger charge is 2.34. The van der Waals surface area contributed by atoms with Crippen molar-refractivity contribution in [2.24, 2.45) is 23.2 Å². The maximum atomic E-state index is 5.80. The first-order valence-electron chi connectivity index (χ1n) is 8.02. The first-order valence-corrected chi connectivity index (χ1v) is 8.94. The molecule has 0 heterocycles. The van der Waals surface area contributed by atoms with Gasteiger partial charge >= 0.3 is 0 Å². The molecule has 0 aromatic rings. The number of rotatable bonds is 6. The Morgan fingerprint density at radius 3 is 2.42 bits per heavy atom. The smallest absolute Gasteiger partial charge is 0.0469 e. The van der Waals surface area contributed by atoms with Crippen molar-refractivity contribution in [3.8, 4) is 0 Å². The third-order valence-electron chi connectivity index (χ3n) is 4.59. The Kier molecular flexibility index (Phi) is 7.39. The van der Waals surface area contributed by atoms with Crippen LogP contribution in [0.2, 0.25) is 0 Å². The number of hydrogen-bond acceptors (Lipinski definition) is 1. The molecule has 0 N–H and O–H groups in total. The highest BCUT2D eigenvalue weighted by Crippen LogP contribution is 2.43. The summed E-state index contributed by atoms with van der Waals surface area (Å²) in [5, 5.41) is 0. The van der Waals surface area contributed by atoms with Crippen LogP contribution in [0.4, 0.5) is 0 Å². The molecule has 0 amide bonds. The summed E-state index contributed by atoms with van der Waals surface area (Å²) in [6, 6.07) is 0. The standard InChI is InChI=1S/C17H33BrO/c1-13(2)8-10-19-11-9-14-12-15(17(3,4)5)6-7-16(14)18/h13-16H,6-12H2,1-5H3. The van der Waals surface area contributed by atoms with Crippen LogP contribution in [0.1, 0.15) is 66.7 Å². The Labute approximate surface area is 129 Å². The molecule has 1 rings (SSSR count). The predicted octanol–water partition coefficient (Wildman–Crippen LogP) is 5.67. The van der Waals surface area contributed by atoms with Crippen molar-refractivity contribution >= 4 is 15.9 Å². The van der Waals surface area contributed by atoms with Crippen molar-refractivity contribution in [1.82, 2.24) is 0 Å². The van der Waals surface area contributed by atoms with Gasteiger partial charge in [-0.25, -0.2) is 0 Å². The normalized spacial score (nSPS) is 28.9. The third kappa shape index (κ3) is 6.62. The van der Waals surface area contributed by atoms with Gasteiger partial charge in [-0.1, -0.05) is 50.5 Å². The van der Waals surface area contributed by atoms with Crippen LogP contribution < -0.4 is 0 Å². The van der Waals surface area contributed by atoms with E-state index in [1.165, 1.54) is 32.1 Å². The summed E-state index contributed by atoms with van der Waals surface area (Å²) in [6.45, 7) is 13.6. The van der Waals surface area contributed by atoms with E-state index >= 15 is 0 Å². The molecule has 0 aromatic heterocycles. The van der Waals surface area contributed by atoms with Crippen LogP contribution in [0.15, 0.2) is 0 Å². The average Bonchev–Trinajstić information content (AvgIpc) is 2.29. The summed E-state index contributed by atoms with van der Waals surface area (Å²) in [4.78, 5) is 0.708. The van der Waals surface area contributed by atoms with Gasteiger partial charge in [0.2, 0.25) is 0 Å². The summed E-state index contributed by atoms with van der Waals surface area (Å²) >= 11 is 3.89. The molecule has 0 aliphatic heterocycles. The van der Waals surface area contributed by atoms with E-state index in [2.05, 4.69) is 50.5 Å². The lowest BCUT2D eigenvalue weighted by atomic mass is 9.68. The first-order chi connectivity index (χ1) is 8.80. The highest BCUT2D eigenvalue weighted by molar-refractivity contribution is 9.09. The maximum absolute atomic E-state index is 5.80. The molecule has 0 radical (unpaired) electrons. The van der Waals surface area contributed by atoms with Gasteiger partial charge in [0.1, 0.15) is 0 Å². The van der Waals surface area contributed by atoms with Gasteiger partial charge in [0.25, 0.3) is 0 Å². The number of alkyl halides is 1. The SMILES string of the molecule is CC(C)CCOCCC1CC(C(C)(C)C)CCC1Br. The van der Waals surface area contributed by atoms with Crippen LogP contribution >= 0.6 is 15.9 Å². The minimum Gasteiger partial charge on any atom is -0.381 e. The van der Waals surface area contributed by atoms with E-state index in [9.17, 15) is 0 Å². The van der Waals surface area contributed by atoms with Crippen molar-refractivity contribution in [3.63, 3.8) is 0 Å². The second-order valence-corrected chi connectivity index (χ2v) is 8.91. The molecule has 0 aromatic carbocycles. The fourth-order valence-corrected chi connectivity index (χ4v) is 3.71. The Morgan fingerprint density at radius 2 is 1.84 bits per heavy atom. The quantitative estimate of drug-likeness (QED) is 0.450. The Hall–Kier alpha value is 0.440. The number of ether oxygens (including phenoxy) is 1. The lowest BCUT2D eigenvalue weighted by molar-refractivity contribution is 0.0870. The van der Waals surface area contributed by atoms with Crippen molar-refractivity contribution in [1.29, 1.82) is 0 Å². The average molecular weight is 333 g/mol. The molecule has 1 fully saturated rings. The lowest BCUT2D eigenvalue weighted by Gasteiger charge is -2.40. The number of hydrogen-bond donors (Lipinski definition) is 0. The van der Waals surface area contributed by atoms with Gasteiger partial charge in [0, 0.05) is 18.0 Å². The zero-order valence-corrected chi connectivity index (χ0v) is 15.1. The summed E-state index contributed by atoms with van der Waals surface area (Å²) in [6.07, 6.45) is 6.49. The molecule has 0 saturated heterocycles. The van der Waals surface area contributed by atoms with Crippen molar-refractivity contribution in [3.05, 3.63) is 0 Å². The molecule has 1 aliphatic rings. The minimum atomic E-state index is 0.462. The van der Waals surface area contributed by atoms with Gasteiger partial charge < -0.3 is 4.74 Å². The second-order valence-electron chi connectivity index (χ2n) is 7.74. The fourth-order valence-electron chi connectivity index (χ4n) is 2.97. The van der Waals surface area contributed by atoms with Crippen molar-refractivity contribution in [2.75, 3.05) is 13.2 Å². The molecular weight excluding hydrogens is 300 g/mol. The zero-order valence-electron chi connectivity index (χ0n) is 13.5. The molecule has 1 aliphatic carbocycles. The topological polar surface area (TPSA) is 9.23 Å². The van der Waals surface area contributed by atoms with Crippen LogP contribution in [-0.2, 0) is 4.74 Å². The van der Waals surface area contributed by atoms with E-state index in [0.29, 0.717) is 10.2 Å². The van der Waals surface area contributed by atoms with Gasteiger partial charge in [0.05, 0.1) is 0 Å². The highest BCUT2D eigenvalue weighted by atomic mass is 79.9. The van der Waals surface area contributed by atoms with E-state index in [4.69, 9.17) is 4.74 Å². The summed E-state index contributed by atoms with van der Waals surface area (Å²) in [5.74, 6) is 2.43. The molecule has 0 spiro atoms. The molecular formula is C17H33BrO. The molecule has 0 bridgehead atoms. The molecule has 114 valence electrons. The lowest BCUT2D eigenvalue weighted by Crippen LogP contribution is -2.32. The molecule has 3 unspecified atom stereocenters. The fraction of sp³-hybridized carbons (Fsp3) is 1.00. The molecule has 1 nitrogen and oxygen atoms in total. The van der Waals surface area contributed by atoms with Crippen LogP contribution in [0.3, 0.4) is 0 Å². The van der Waals surface area contributed by atoms with Crippen LogP contribution in [-0.4, -0.2) is 18.0 Å². The van der Waals surface area contributed by atoms with Crippen LogP contribution in [0, 0.1) is 23.2 Å². The predicted molar refractivity (Wildman–Crippen MR) is 87.9 cm³/mol. The summed E-state index contributed by atoms with van der Waals surface area (Å²) < 4.78 is 5.80. The largest absolute Gasteiger partial charge is 0.381 e. The second kappa shape index (κ2) is 8.02. The Balaban J connectivity index is 2.27. The van der Waals surface area contributed by atoms with Crippen LogP contribution in [0.5, 0.6) is 0 Å². The minimum absolute atomic E-state index is 0.462. The summed E-state index contributed by atoms with van der Waals surface area (Å²) in [7, 11) is 0. The van der Waals surface area contributed by atoms with E-state index in [-0.39, 0.29) is 0 Å². The van der Waals surface area contributed by atoms with Gasteiger partial charge in [-0.3, -0.25) is 0 Å². The monoisotopic (exact) mass is 332 g/mol. The third-order valence-corrected chi connectivity index (χ3v) is 5.79. The maximum Gasteiger partial charge on any atom is 0.0469 e. The zero-order chi connectivity index (χ0) is 14.5. The van der Waals surface area contributed by atoms with Gasteiger partial charge in [-0.15, -0.1) is 0 Å². The Bertz CT molecular complexity index is 244. The van der Waals surface area contributed by atoms with E-state index < -0.39 is 0 Å². The summed E-state index contributed by atoms with van der Waals surface area (Å²) in [5.41, 5.74) is 0.462. The van der Waals surface area contributed by atoms with Gasteiger partial charge in [-0.2, -0.15) is 0 Å². The first kappa shape index (κ1) is 17.5. The van der Waals surface area contributed by atoms with E-state index in [0.717, 1.165) is 31.0 Å². The molecule has 3 atom stereocenters. The van der Waals surface area contributed by atoms with Crippen molar-refractivity contribution in [2.45, 2.75) is 71.5 Å². The van der Waals surface area contributed by atoms with Gasteiger partial charge in [0.15, 0.2) is 0 Å². The Morgan fingerprint density at radius 1 is 1.16 bits per heavy atom. The van der Waals surface area contributed by atoms with E-state index in [1.54, 1.807) is 0 Å². The van der Waals surface area contributed by atoms with Crippen molar-refractivity contribution < 1.29 is 4.74 Å². The number of halogens is 1. The molecule has 19 heavy (non-hydrogen) atoms. The molecule has 2 heteroatoms. The van der Waals surface area contributed by atoms with Crippen LogP contribution in [0.25, 0.3) is 0 Å². The van der Waals surface area contributed by atoms with E-state index in [1.807, 2.05) is 0 Å².